The zero-order chi connectivity index (χ0) is 21.7. The number of carbonyl (C=O) groups is 3. The molecule has 1 aromatic rings. The normalized spacial score (nSPS) is 20.2. The van der Waals surface area contributed by atoms with E-state index in [1.807, 2.05) is 4.90 Å². The Balaban J connectivity index is 1.40. The first-order valence-corrected chi connectivity index (χ1v) is 11.0. The van der Waals surface area contributed by atoms with Crippen molar-refractivity contribution in [1.82, 2.24) is 15.1 Å². The van der Waals surface area contributed by atoms with E-state index < -0.39 is 11.7 Å². The molecule has 3 amide bonds. The van der Waals surface area contributed by atoms with Gasteiger partial charge in [-0.15, -0.1) is 0 Å². The first-order valence-electron chi connectivity index (χ1n) is 10.6. The van der Waals surface area contributed by atoms with Gasteiger partial charge in [0, 0.05) is 45.1 Å². The number of piperidine rings is 2. The lowest BCUT2D eigenvalue weighted by Gasteiger charge is -2.37. The van der Waals surface area contributed by atoms with Crippen molar-refractivity contribution in [2.75, 3.05) is 32.7 Å². The highest BCUT2D eigenvalue weighted by molar-refractivity contribution is 6.33. The van der Waals surface area contributed by atoms with E-state index in [9.17, 15) is 18.8 Å². The predicted octanol–water partition coefficient (Wildman–Crippen LogP) is 3.10. The molecule has 1 N–H and O–H groups in total. The molecule has 0 bridgehead atoms. The molecule has 0 aromatic heterocycles. The number of rotatable bonds is 5. The first kappa shape index (κ1) is 22.5. The Labute approximate surface area is 181 Å². The summed E-state index contributed by atoms with van der Waals surface area (Å²) in [5.74, 6) is -0.199. The van der Waals surface area contributed by atoms with Crippen molar-refractivity contribution in [2.45, 2.75) is 39.0 Å². The quantitative estimate of drug-likeness (QED) is 0.769. The van der Waals surface area contributed by atoms with Gasteiger partial charge in [0.15, 0.2) is 0 Å². The Morgan fingerprint density at radius 3 is 2.53 bits per heavy atom. The maximum absolute atomic E-state index is 13.1. The highest BCUT2D eigenvalue weighted by Crippen LogP contribution is 2.24. The number of carbonyl (C=O) groups excluding carboxylic acids is 3. The van der Waals surface area contributed by atoms with E-state index in [4.69, 9.17) is 11.6 Å². The SMILES string of the molecule is CC1CCCN(C(=O)C2CCN(C(=O)CCNC(=O)c3ccc(F)cc3Cl)CC2)C1. The van der Waals surface area contributed by atoms with Gasteiger partial charge >= 0.3 is 0 Å². The fourth-order valence-electron chi connectivity index (χ4n) is 4.23. The summed E-state index contributed by atoms with van der Waals surface area (Å²) >= 11 is 5.88. The lowest BCUT2D eigenvalue weighted by Crippen LogP contribution is -2.47. The number of likely N-dealkylation sites (tertiary alicyclic amines) is 2. The molecule has 0 saturated carbocycles. The van der Waals surface area contributed by atoms with Crippen LogP contribution >= 0.6 is 11.6 Å². The molecule has 6 nitrogen and oxygen atoms in total. The van der Waals surface area contributed by atoms with E-state index in [0.717, 1.165) is 25.6 Å². The van der Waals surface area contributed by atoms with Crippen LogP contribution in [0.15, 0.2) is 18.2 Å². The van der Waals surface area contributed by atoms with Crippen molar-refractivity contribution in [2.24, 2.45) is 11.8 Å². The van der Waals surface area contributed by atoms with Gasteiger partial charge in [0.1, 0.15) is 5.82 Å². The third kappa shape index (κ3) is 5.72. The molecule has 30 heavy (non-hydrogen) atoms. The topological polar surface area (TPSA) is 69.7 Å². The van der Waals surface area contributed by atoms with Crippen molar-refractivity contribution in [3.8, 4) is 0 Å². The number of benzene rings is 1. The Morgan fingerprint density at radius 1 is 1.13 bits per heavy atom. The second-order valence-corrected chi connectivity index (χ2v) is 8.72. The van der Waals surface area contributed by atoms with Crippen LogP contribution in [-0.4, -0.2) is 60.2 Å². The Bertz CT molecular complexity index is 796. The minimum absolute atomic E-state index is 0.000305. The molecule has 0 aliphatic carbocycles. The summed E-state index contributed by atoms with van der Waals surface area (Å²) in [7, 11) is 0. The van der Waals surface area contributed by atoms with Gasteiger partial charge in [-0.25, -0.2) is 4.39 Å². The molecule has 2 saturated heterocycles. The van der Waals surface area contributed by atoms with Gasteiger partial charge in [0.25, 0.3) is 5.91 Å². The van der Waals surface area contributed by atoms with Crippen LogP contribution in [0.1, 0.15) is 49.4 Å². The summed E-state index contributed by atoms with van der Waals surface area (Å²) in [6.07, 6.45) is 3.80. The fourth-order valence-corrected chi connectivity index (χ4v) is 4.49. The minimum atomic E-state index is -0.511. The van der Waals surface area contributed by atoms with Crippen LogP contribution in [0.4, 0.5) is 4.39 Å². The zero-order valence-corrected chi connectivity index (χ0v) is 18.1. The van der Waals surface area contributed by atoms with E-state index >= 15 is 0 Å². The van der Waals surface area contributed by atoms with Crippen molar-refractivity contribution in [3.63, 3.8) is 0 Å². The molecule has 8 heteroatoms. The van der Waals surface area contributed by atoms with Gasteiger partial charge in [-0.3, -0.25) is 14.4 Å². The van der Waals surface area contributed by atoms with Gasteiger partial charge in [-0.2, -0.15) is 0 Å². The van der Waals surface area contributed by atoms with Crippen LogP contribution in [0.3, 0.4) is 0 Å². The number of hydrogen-bond acceptors (Lipinski definition) is 3. The van der Waals surface area contributed by atoms with E-state index in [0.29, 0.717) is 31.8 Å². The molecule has 2 aliphatic heterocycles. The van der Waals surface area contributed by atoms with Crippen molar-refractivity contribution in [1.29, 1.82) is 0 Å². The second kappa shape index (κ2) is 10.2. The van der Waals surface area contributed by atoms with E-state index in [2.05, 4.69) is 12.2 Å². The molecule has 164 valence electrons. The molecular weight excluding hydrogens is 409 g/mol. The van der Waals surface area contributed by atoms with Crippen LogP contribution in [0, 0.1) is 17.7 Å². The molecule has 2 heterocycles. The van der Waals surface area contributed by atoms with Crippen LogP contribution in [0.2, 0.25) is 5.02 Å². The highest BCUT2D eigenvalue weighted by Gasteiger charge is 2.31. The van der Waals surface area contributed by atoms with Crippen LogP contribution in [0.5, 0.6) is 0 Å². The second-order valence-electron chi connectivity index (χ2n) is 8.32. The maximum Gasteiger partial charge on any atom is 0.252 e. The maximum atomic E-state index is 13.1. The van der Waals surface area contributed by atoms with Crippen LogP contribution in [-0.2, 0) is 9.59 Å². The third-order valence-electron chi connectivity index (χ3n) is 5.97. The predicted molar refractivity (Wildman–Crippen MR) is 113 cm³/mol. The molecule has 1 unspecified atom stereocenters. The van der Waals surface area contributed by atoms with Gasteiger partial charge in [-0.05, 0) is 49.8 Å². The average Bonchev–Trinajstić information content (AvgIpc) is 2.73. The number of halogens is 2. The lowest BCUT2D eigenvalue weighted by molar-refractivity contribution is -0.142. The molecule has 2 aliphatic rings. The Kier molecular flexibility index (Phi) is 7.69. The Hall–Kier alpha value is -2.15. The summed E-state index contributed by atoms with van der Waals surface area (Å²) in [4.78, 5) is 41.1. The summed E-state index contributed by atoms with van der Waals surface area (Å²) in [5.41, 5.74) is 0.178. The van der Waals surface area contributed by atoms with E-state index in [1.165, 1.54) is 18.6 Å². The van der Waals surface area contributed by atoms with Gasteiger partial charge < -0.3 is 15.1 Å². The fraction of sp³-hybridized carbons (Fsp3) is 0.591. The summed E-state index contributed by atoms with van der Waals surface area (Å²) in [6.45, 7) is 5.18. The molecule has 3 rings (SSSR count). The Morgan fingerprint density at radius 2 is 1.87 bits per heavy atom. The molecule has 2 fully saturated rings. The molecule has 0 radical (unpaired) electrons. The zero-order valence-electron chi connectivity index (χ0n) is 17.3. The number of nitrogens with zero attached hydrogens (tertiary/aromatic N) is 2. The monoisotopic (exact) mass is 437 g/mol. The standard InChI is InChI=1S/C22H29ClFN3O3/c1-15-3-2-10-27(14-15)22(30)16-7-11-26(12-8-16)20(28)6-9-25-21(29)18-5-4-17(24)13-19(18)23/h4-5,13,15-16H,2-3,6-12,14H2,1H3,(H,25,29). The largest absolute Gasteiger partial charge is 0.351 e. The average molecular weight is 438 g/mol. The van der Waals surface area contributed by atoms with E-state index in [-0.39, 0.29) is 41.3 Å². The minimum Gasteiger partial charge on any atom is -0.351 e. The number of hydrogen-bond donors (Lipinski definition) is 1. The van der Waals surface area contributed by atoms with Crippen molar-refractivity contribution >= 4 is 29.3 Å². The third-order valence-corrected chi connectivity index (χ3v) is 6.28. The van der Waals surface area contributed by atoms with Gasteiger partial charge in [0.05, 0.1) is 10.6 Å². The molecular formula is C22H29ClFN3O3. The van der Waals surface area contributed by atoms with Crippen LogP contribution in [0.25, 0.3) is 0 Å². The molecule has 1 atom stereocenters. The number of nitrogens with one attached hydrogen (secondary N) is 1. The summed E-state index contributed by atoms with van der Waals surface area (Å²) < 4.78 is 13.1. The first-order chi connectivity index (χ1) is 14.3. The number of amides is 3. The summed E-state index contributed by atoms with van der Waals surface area (Å²) in [6, 6.07) is 3.57. The smallest absolute Gasteiger partial charge is 0.252 e. The van der Waals surface area contributed by atoms with Gasteiger partial charge in [-0.1, -0.05) is 18.5 Å². The van der Waals surface area contributed by atoms with Crippen LogP contribution < -0.4 is 5.32 Å². The summed E-state index contributed by atoms with van der Waals surface area (Å²) in [5, 5.41) is 2.69. The van der Waals surface area contributed by atoms with Crippen molar-refractivity contribution < 1.29 is 18.8 Å². The molecule has 1 aromatic carbocycles. The lowest BCUT2D eigenvalue weighted by atomic mass is 9.92. The van der Waals surface area contributed by atoms with E-state index in [1.54, 1.807) is 4.90 Å². The van der Waals surface area contributed by atoms with Crippen molar-refractivity contribution in [3.05, 3.63) is 34.6 Å². The van der Waals surface area contributed by atoms with Gasteiger partial charge in [0.2, 0.25) is 11.8 Å². The molecule has 0 spiro atoms. The highest BCUT2D eigenvalue weighted by atomic mass is 35.5.